The van der Waals surface area contributed by atoms with E-state index in [1.807, 2.05) is 42.0 Å². The molecular formula is C19H20N4O2. The second kappa shape index (κ2) is 7.53. The van der Waals surface area contributed by atoms with Crippen molar-refractivity contribution < 1.29 is 9.90 Å². The summed E-state index contributed by atoms with van der Waals surface area (Å²) in [5, 5.41) is 15.2. The van der Waals surface area contributed by atoms with Crippen LogP contribution in [-0.2, 0) is 11.3 Å². The SMILES string of the molecule is Cc1cn(-c2ccc(NCC(=O)NCc3ccc(O)cc3)cc2)cn1. The van der Waals surface area contributed by atoms with Crippen LogP contribution in [0.3, 0.4) is 0 Å². The van der Waals surface area contributed by atoms with Crippen LogP contribution in [-0.4, -0.2) is 27.1 Å². The Morgan fingerprint density at radius 1 is 1.12 bits per heavy atom. The van der Waals surface area contributed by atoms with Gasteiger partial charge in [0.25, 0.3) is 0 Å². The Balaban J connectivity index is 1.47. The molecule has 0 aliphatic carbocycles. The Kier molecular flexibility index (Phi) is 4.99. The zero-order valence-corrected chi connectivity index (χ0v) is 13.9. The molecule has 0 unspecified atom stereocenters. The summed E-state index contributed by atoms with van der Waals surface area (Å²) in [6.07, 6.45) is 3.73. The number of rotatable bonds is 6. The van der Waals surface area contributed by atoms with Gasteiger partial charge in [-0.25, -0.2) is 4.98 Å². The molecular weight excluding hydrogens is 316 g/mol. The molecule has 3 aromatic rings. The smallest absolute Gasteiger partial charge is 0.239 e. The van der Waals surface area contributed by atoms with Crippen molar-refractivity contribution in [3.8, 4) is 11.4 Å². The first-order valence-corrected chi connectivity index (χ1v) is 8.00. The maximum atomic E-state index is 11.9. The molecule has 0 bridgehead atoms. The molecule has 1 heterocycles. The van der Waals surface area contributed by atoms with Crippen molar-refractivity contribution in [2.75, 3.05) is 11.9 Å². The minimum Gasteiger partial charge on any atom is -0.508 e. The molecule has 0 saturated carbocycles. The highest BCUT2D eigenvalue weighted by Crippen LogP contribution is 2.13. The van der Waals surface area contributed by atoms with Crippen molar-refractivity contribution in [3.05, 3.63) is 72.3 Å². The van der Waals surface area contributed by atoms with Gasteiger partial charge in [-0.1, -0.05) is 12.1 Å². The van der Waals surface area contributed by atoms with E-state index in [-0.39, 0.29) is 18.2 Å². The van der Waals surface area contributed by atoms with Gasteiger partial charge in [-0.05, 0) is 48.9 Å². The van der Waals surface area contributed by atoms with Crippen LogP contribution in [0.4, 0.5) is 5.69 Å². The molecule has 0 aliphatic heterocycles. The zero-order valence-electron chi connectivity index (χ0n) is 13.9. The first-order chi connectivity index (χ1) is 12.1. The lowest BCUT2D eigenvalue weighted by atomic mass is 10.2. The topological polar surface area (TPSA) is 79.2 Å². The van der Waals surface area contributed by atoms with Crippen molar-refractivity contribution in [1.29, 1.82) is 0 Å². The summed E-state index contributed by atoms with van der Waals surface area (Å²) in [6, 6.07) is 14.6. The lowest BCUT2D eigenvalue weighted by Gasteiger charge is -2.09. The minimum atomic E-state index is -0.0950. The highest BCUT2D eigenvalue weighted by atomic mass is 16.3. The Bertz CT molecular complexity index is 839. The number of phenols is 1. The fourth-order valence-electron chi connectivity index (χ4n) is 2.37. The van der Waals surface area contributed by atoms with E-state index in [2.05, 4.69) is 15.6 Å². The molecule has 0 radical (unpaired) electrons. The van der Waals surface area contributed by atoms with Gasteiger partial charge in [0, 0.05) is 24.1 Å². The average molecular weight is 336 g/mol. The monoisotopic (exact) mass is 336 g/mol. The predicted octanol–water partition coefficient (Wildman–Crippen LogP) is 2.61. The molecule has 25 heavy (non-hydrogen) atoms. The van der Waals surface area contributed by atoms with Crippen molar-refractivity contribution >= 4 is 11.6 Å². The first kappa shape index (κ1) is 16.6. The van der Waals surface area contributed by atoms with Crippen LogP contribution in [0.5, 0.6) is 5.75 Å². The van der Waals surface area contributed by atoms with E-state index < -0.39 is 0 Å². The van der Waals surface area contributed by atoms with Crippen molar-refractivity contribution in [3.63, 3.8) is 0 Å². The van der Waals surface area contributed by atoms with Gasteiger partial charge in [-0.15, -0.1) is 0 Å². The van der Waals surface area contributed by atoms with Gasteiger partial charge >= 0.3 is 0 Å². The molecule has 0 saturated heterocycles. The van der Waals surface area contributed by atoms with Crippen LogP contribution < -0.4 is 10.6 Å². The van der Waals surface area contributed by atoms with Gasteiger partial charge in [0.05, 0.1) is 18.6 Å². The fraction of sp³-hybridized carbons (Fsp3) is 0.158. The average Bonchev–Trinajstić information content (AvgIpc) is 3.06. The second-order valence-electron chi connectivity index (χ2n) is 5.77. The number of hydrogen-bond acceptors (Lipinski definition) is 4. The summed E-state index contributed by atoms with van der Waals surface area (Å²) < 4.78 is 1.95. The van der Waals surface area contributed by atoms with Crippen molar-refractivity contribution in [1.82, 2.24) is 14.9 Å². The lowest BCUT2D eigenvalue weighted by molar-refractivity contribution is -0.119. The van der Waals surface area contributed by atoms with Gasteiger partial charge in [0.2, 0.25) is 5.91 Å². The Morgan fingerprint density at radius 3 is 2.48 bits per heavy atom. The summed E-state index contributed by atoms with van der Waals surface area (Å²) in [5.41, 5.74) is 3.79. The fourth-order valence-corrected chi connectivity index (χ4v) is 2.37. The Morgan fingerprint density at radius 2 is 1.84 bits per heavy atom. The van der Waals surface area contributed by atoms with Crippen LogP contribution in [0, 0.1) is 6.92 Å². The second-order valence-corrected chi connectivity index (χ2v) is 5.77. The van der Waals surface area contributed by atoms with Gasteiger partial charge in [-0.2, -0.15) is 0 Å². The van der Waals surface area contributed by atoms with Gasteiger partial charge in [-0.3, -0.25) is 4.79 Å². The number of amides is 1. The number of nitrogens with zero attached hydrogens (tertiary/aromatic N) is 2. The molecule has 0 fully saturated rings. The van der Waals surface area contributed by atoms with Crippen LogP contribution in [0.15, 0.2) is 61.1 Å². The van der Waals surface area contributed by atoms with E-state index >= 15 is 0 Å². The number of carbonyl (C=O) groups excluding carboxylic acids is 1. The third-order valence-electron chi connectivity index (χ3n) is 3.76. The number of imidazole rings is 1. The van der Waals surface area contributed by atoms with Crippen LogP contribution in [0.2, 0.25) is 0 Å². The van der Waals surface area contributed by atoms with E-state index in [0.29, 0.717) is 6.54 Å². The number of anilines is 1. The van der Waals surface area contributed by atoms with Crippen LogP contribution in [0.25, 0.3) is 5.69 Å². The standard InChI is InChI=1S/C19H20N4O2/c1-14-12-23(13-22-14)17-6-4-16(5-7-17)20-11-19(25)21-10-15-2-8-18(24)9-3-15/h2-9,12-13,20,24H,10-11H2,1H3,(H,21,25). The normalized spacial score (nSPS) is 10.4. The number of aryl methyl sites for hydroxylation is 1. The maximum Gasteiger partial charge on any atom is 0.239 e. The molecule has 6 heteroatoms. The van der Waals surface area contributed by atoms with E-state index in [9.17, 15) is 9.90 Å². The van der Waals surface area contributed by atoms with Crippen molar-refractivity contribution in [2.24, 2.45) is 0 Å². The number of phenolic OH excluding ortho intramolecular Hbond substituents is 1. The van der Waals surface area contributed by atoms with E-state index in [0.717, 1.165) is 22.6 Å². The highest BCUT2D eigenvalue weighted by molar-refractivity contribution is 5.80. The number of benzene rings is 2. The van der Waals surface area contributed by atoms with Gasteiger partial charge < -0.3 is 20.3 Å². The van der Waals surface area contributed by atoms with Crippen LogP contribution >= 0.6 is 0 Å². The van der Waals surface area contributed by atoms with Crippen LogP contribution in [0.1, 0.15) is 11.3 Å². The number of nitrogens with one attached hydrogen (secondary N) is 2. The molecule has 1 aromatic heterocycles. The Hall–Kier alpha value is -3.28. The summed E-state index contributed by atoms with van der Waals surface area (Å²) in [4.78, 5) is 16.1. The predicted molar refractivity (Wildman–Crippen MR) is 96.7 cm³/mol. The highest BCUT2D eigenvalue weighted by Gasteiger charge is 2.03. The third-order valence-corrected chi connectivity index (χ3v) is 3.76. The number of aromatic hydroxyl groups is 1. The van der Waals surface area contributed by atoms with Gasteiger partial charge in [0.15, 0.2) is 0 Å². The Labute approximate surface area is 146 Å². The number of aromatic nitrogens is 2. The summed E-state index contributed by atoms with van der Waals surface area (Å²) in [5.74, 6) is 0.119. The molecule has 0 spiro atoms. The molecule has 2 aromatic carbocycles. The lowest BCUT2D eigenvalue weighted by Crippen LogP contribution is -2.29. The van der Waals surface area contributed by atoms with E-state index in [1.54, 1.807) is 30.6 Å². The van der Waals surface area contributed by atoms with Gasteiger partial charge in [0.1, 0.15) is 5.75 Å². The summed E-state index contributed by atoms with van der Waals surface area (Å²) in [7, 11) is 0. The summed E-state index contributed by atoms with van der Waals surface area (Å²) >= 11 is 0. The molecule has 0 atom stereocenters. The number of hydrogen-bond donors (Lipinski definition) is 3. The van der Waals surface area contributed by atoms with E-state index in [4.69, 9.17) is 0 Å². The molecule has 1 amide bonds. The van der Waals surface area contributed by atoms with Crippen molar-refractivity contribution in [2.45, 2.75) is 13.5 Å². The quantitative estimate of drug-likeness (QED) is 0.646. The zero-order chi connectivity index (χ0) is 17.6. The first-order valence-electron chi connectivity index (χ1n) is 8.00. The molecule has 0 aliphatic rings. The minimum absolute atomic E-state index is 0.0950. The molecule has 3 rings (SSSR count). The maximum absolute atomic E-state index is 11.9. The largest absolute Gasteiger partial charge is 0.508 e. The van der Waals surface area contributed by atoms with E-state index in [1.165, 1.54) is 0 Å². The molecule has 6 nitrogen and oxygen atoms in total. The number of carbonyl (C=O) groups is 1. The summed E-state index contributed by atoms with van der Waals surface area (Å²) in [6.45, 7) is 2.57. The molecule has 128 valence electrons. The third kappa shape index (κ3) is 4.60. The molecule has 3 N–H and O–H groups in total.